The van der Waals surface area contributed by atoms with Gasteiger partial charge in [-0.15, -0.1) is 0 Å². The number of carbonyl (C=O) groups excluding carboxylic acids is 1. The van der Waals surface area contributed by atoms with Crippen molar-refractivity contribution < 1.29 is 9.53 Å². The maximum absolute atomic E-state index is 9.99. The highest BCUT2D eigenvalue weighted by Gasteiger charge is 2.23. The van der Waals surface area contributed by atoms with Gasteiger partial charge in [-0.3, -0.25) is 9.69 Å². The summed E-state index contributed by atoms with van der Waals surface area (Å²) in [7, 11) is 0. The predicted molar refractivity (Wildman–Crippen MR) is 50.3 cm³/mol. The highest BCUT2D eigenvalue weighted by atomic mass is 16.5. The summed E-state index contributed by atoms with van der Waals surface area (Å²) in [6.07, 6.45) is 0.635. The van der Waals surface area contributed by atoms with Gasteiger partial charge in [0, 0.05) is 12.1 Å². The quantitative estimate of drug-likeness (QED) is 0.430. The van der Waals surface area contributed by atoms with Crippen LogP contribution in [0.1, 0.15) is 13.8 Å². The molecule has 0 amide bonds. The molecule has 0 aromatic carbocycles. The summed E-state index contributed by atoms with van der Waals surface area (Å²) in [5.41, 5.74) is 0. The van der Waals surface area contributed by atoms with Crippen LogP contribution in [-0.4, -0.2) is 43.0 Å². The molecular formula is C10H15NO2. The molecule has 1 fully saturated rings. The van der Waals surface area contributed by atoms with Crippen LogP contribution in [0.5, 0.6) is 0 Å². The Bertz CT molecular complexity index is 219. The third-order valence-corrected chi connectivity index (χ3v) is 2.27. The molecule has 13 heavy (non-hydrogen) atoms. The minimum atomic E-state index is 0.393. The lowest BCUT2D eigenvalue weighted by Gasteiger charge is -2.37. The lowest BCUT2D eigenvalue weighted by Crippen LogP contribution is -2.49. The summed E-state index contributed by atoms with van der Waals surface area (Å²) < 4.78 is 5.37. The average Bonchev–Trinajstić information content (AvgIpc) is 2.10. The van der Waals surface area contributed by atoms with Gasteiger partial charge in [-0.1, -0.05) is 5.92 Å². The van der Waals surface area contributed by atoms with Crippen molar-refractivity contribution in [1.82, 2.24) is 4.90 Å². The molecule has 0 aliphatic carbocycles. The van der Waals surface area contributed by atoms with Crippen molar-refractivity contribution in [3.63, 3.8) is 0 Å². The zero-order valence-electron chi connectivity index (χ0n) is 8.12. The number of ether oxygens (including phenoxy) is 1. The van der Waals surface area contributed by atoms with Gasteiger partial charge in [0.15, 0.2) is 6.29 Å². The molecule has 1 rings (SSSR count). The minimum Gasteiger partial charge on any atom is -0.378 e. The molecular weight excluding hydrogens is 166 g/mol. The molecule has 1 saturated heterocycles. The van der Waals surface area contributed by atoms with Gasteiger partial charge in [0.1, 0.15) is 0 Å². The van der Waals surface area contributed by atoms with Crippen molar-refractivity contribution in [1.29, 1.82) is 0 Å². The molecule has 0 saturated carbocycles. The van der Waals surface area contributed by atoms with Crippen LogP contribution < -0.4 is 0 Å². The summed E-state index contributed by atoms with van der Waals surface area (Å²) in [5.74, 6) is 5.24. The maximum Gasteiger partial charge on any atom is 0.192 e. The topological polar surface area (TPSA) is 29.5 Å². The lowest BCUT2D eigenvalue weighted by atomic mass is 10.2. The summed E-state index contributed by atoms with van der Waals surface area (Å²) in [4.78, 5) is 12.2. The predicted octanol–water partition coefficient (Wildman–Crippen LogP) is 0.298. The van der Waals surface area contributed by atoms with Crippen LogP contribution in [0.25, 0.3) is 0 Å². The molecule has 2 atom stereocenters. The highest BCUT2D eigenvalue weighted by Crippen LogP contribution is 2.11. The number of carbonyl (C=O) groups is 1. The van der Waals surface area contributed by atoms with Crippen LogP contribution in [0.4, 0.5) is 0 Å². The van der Waals surface area contributed by atoms with E-state index in [1.165, 1.54) is 0 Å². The fourth-order valence-electron chi connectivity index (χ4n) is 1.53. The van der Waals surface area contributed by atoms with Crippen LogP contribution in [0, 0.1) is 11.8 Å². The number of morpholine rings is 1. The van der Waals surface area contributed by atoms with Crippen molar-refractivity contribution in [2.75, 3.05) is 19.8 Å². The third-order valence-electron chi connectivity index (χ3n) is 2.27. The zero-order chi connectivity index (χ0) is 9.68. The standard InChI is InChI=1S/C10H15NO2/c1-9-7-13-8-10(2)11(9)5-3-4-6-12/h6,9-10H,5,7-8H2,1-2H3. The van der Waals surface area contributed by atoms with Crippen molar-refractivity contribution in [3.8, 4) is 11.8 Å². The second-order valence-corrected chi connectivity index (χ2v) is 3.35. The molecule has 1 aliphatic rings. The Morgan fingerprint density at radius 1 is 1.46 bits per heavy atom. The van der Waals surface area contributed by atoms with E-state index in [0.29, 0.717) is 24.9 Å². The first-order valence-electron chi connectivity index (χ1n) is 4.51. The zero-order valence-corrected chi connectivity index (χ0v) is 8.12. The number of hydrogen-bond acceptors (Lipinski definition) is 3. The van der Waals surface area contributed by atoms with E-state index in [1.54, 1.807) is 0 Å². The average molecular weight is 181 g/mol. The first kappa shape index (κ1) is 10.2. The summed E-state index contributed by atoms with van der Waals surface area (Å²) in [6.45, 7) is 6.39. The van der Waals surface area contributed by atoms with E-state index in [4.69, 9.17) is 4.74 Å². The van der Waals surface area contributed by atoms with Crippen molar-refractivity contribution >= 4 is 6.29 Å². The number of hydrogen-bond donors (Lipinski definition) is 0. The van der Waals surface area contributed by atoms with Gasteiger partial charge < -0.3 is 4.74 Å². The van der Waals surface area contributed by atoms with Gasteiger partial charge in [0.05, 0.1) is 19.8 Å². The van der Waals surface area contributed by atoms with Crippen LogP contribution in [-0.2, 0) is 9.53 Å². The number of nitrogens with zero attached hydrogens (tertiary/aromatic N) is 1. The number of rotatable bonds is 1. The molecule has 3 nitrogen and oxygen atoms in total. The fourth-order valence-corrected chi connectivity index (χ4v) is 1.53. The second kappa shape index (κ2) is 5.00. The first-order valence-corrected chi connectivity index (χ1v) is 4.51. The Labute approximate surface area is 79.1 Å². The van der Waals surface area contributed by atoms with E-state index >= 15 is 0 Å². The van der Waals surface area contributed by atoms with Crippen molar-refractivity contribution in [3.05, 3.63) is 0 Å². The molecule has 0 N–H and O–H groups in total. The van der Waals surface area contributed by atoms with Gasteiger partial charge >= 0.3 is 0 Å². The van der Waals surface area contributed by atoms with E-state index in [9.17, 15) is 4.79 Å². The van der Waals surface area contributed by atoms with E-state index in [0.717, 1.165) is 13.2 Å². The molecule has 1 heterocycles. The Kier molecular flexibility index (Phi) is 3.94. The molecule has 2 unspecified atom stereocenters. The largest absolute Gasteiger partial charge is 0.378 e. The monoisotopic (exact) mass is 181 g/mol. The molecule has 0 bridgehead atoms. The van der Waals surface area contributed by atoms with Crippen LogP contribution in [0.15, 0.2) is 0 Å². The Hall–Kier alpha value is -0.850. The van der Waals surface area contributed by atoms with Crippen molar-refractivity contribution in [2.24, 2.45) is 0 Å². The highest BCUT2D eigenvalue weighted by molar-refractivity contribution is 5.72. The van der Waals surface area contributed by atoms with Gasteiger partial charge in [-0.25, -0.2) is 0 Å². The van der Waals surface area contributed by atoms with E-state index in [-0.39, 0.29) is 0 Å². The van der Waals surface area contributed by atoms with E-state index in [2.05, 4.69) is 30.6 Å². The van der Waals surface area contributed by atoms with Gasteiger partial charge in [0.2, 0.25) is 0 Å². The molecule has 0 aromatic heterocycles. The SMILES string of the molecule is CC1COCC(C)N1CC#CC=O. The van der Waals surface area contributed by atoms with Crippen molar-refractivity contribution in [2.45, 2.75) is 25.9 Å². The van der Waals surface area contributed by atoms with E-state index < -0.39 is 0 Å². The Balaban J connectivity index is 2.48. The molecule has 72 valence electrons. The van der Waals surface area contributed by atoms with Gasteiger partial charge in [-0.05, 0) is 19.8 Å². The van der Waals surface area contributed by atoms with E-state index in [1.807, 2.05) is 0 Å². The molecule has 3 heteroatoms. The van der Waals surface area contributed by atoms with Gasteiger partial charge in [-0.2, -0.15) is 0 Å². The molecule has 0 spiro atoms. The smallest absolute Gasteiger partial charge is 0.192 e. The molecule has 0 aromatic rings. The number of aldehydes is 1. The Morgan fingerprint density at radius 3 is 2.62 bits per heavy atom. The first-order chi connectivity index (χ1) is 6.25. The molecule has 0 radical (unpaired) electrons. The van der Waals surface area contributed by atoms with Crippen LogP contribution in [0.3, 0.4) is 0 Å². The van der Waals surface area contributed by atoms with Crippen LogP contribution >= 0.6 is 0 Å². The third kappa shape index (κ3) is 2.83. The Morgan fingerprint density at radius 2 is 2.08 bits per heavy atom. The normalized spacial score (nSPS) is 29.1. The maximum atomic E-state index is 9.99. The minimum absolute atomic E-state index is 0.393. The fraction of sp³-hybridized carbons (Fsp3) is 0.700. The summed E-state index contributed by atoms with van der Waals surface area (Å²) in [5, 5.41) is 0. The summed E-state index contributed by atoms with van der Waals surface area (Å²) >= 11 is 0. The summed E-state index contributed by atoms with van der Waals surface area (Å²) in [6, 6.07) is 0.786. The van der Waals surface area contributed by atoms with Crippen LogP contribution in [0.2, 0.25) is 0 Å². The lowest BCUT2D eigenvalue weighted by molar-refractivity contribution is -0.103. The molecule has 1 aliphatic heterocycles. The second-order valence-electron chi connectivity index (χ2n) is 3.35. The van der Waals surface area contributed by atoms with Gasteiger partial charge in [0.25, 0.3) is 0 Å².